The average molecular weight is 416 g/mol. The molecule has 0 radical (unpaired) electrons. The van der Waals surface area contributed by atoms with Crippen molar-refractivity contribution in [2.75, 3.05) is 0 Å². The van der Waals surface area contributed by atoms with E-state index < -0.39 is 0 Å². The Kier molecular flexibility index (Phi) is 5.89. The zero-order valence-corrected chi connectivity index (χ0v) is 16.4. The summed E-state index contributed by atoms with van der Waals surface area (Å²) < 4.78 is 0. The summed E-state index contributed by atoms with van der Waals surface area (Å²) in [6.45, 7) is 8.84. The number of rotatable bonds is 5. The first-order valence-electron chi connectivity index (χ1n) is 7.73. The zero-order chi connectivity index (χ0) is 15.6. The Morgan fingerprint density at radius 1 is 1.05 bits per heavy atom. The van der Waals surface area contributed by atoms with E-state index in [1.807, 2.05) is 0 Å². The fourth-order valence-electron chi connectivity index (χ4n) is 2.89. The van der Waals surface area contributed by atoms with Gasteiger partial charge in [0, 0.05) is 5.70 Å². The summed E-state index contributed by atoms with van der Waals surface area (Å²) in [4.78, 5) is 5.18. The third kappa shape index (κ3) is 3.53. The third-order valence-corrected chi connectivity index (χ3v) is 5.95. The lowest BCUT2D eigenvalue weighted by Gasteiger charge is -2.09. The van der Waals surface area contributed by atoms with E-state index in [1.54, 1.807) is 0 Å². The fourth-order valence-corrected chi connectivity index (χ4v) is 3.91. The predicted octanol–water partition coefficient (Wildman–Crippen LogP) is 5.60. The molecule has 116 valence electrons. The van der Waals surface area contributed by atoms with Crippen LogP contribution >= 0.6 is 31.9 Å². The topological polar surface area (TPSA) is 24.4 Å². The van der Waals surface area contributed by atoms with E-state index in [0.29, 0.717) is 0 Å². The number of allylic oxidation sites excluding steroid dienone is 3. The van der Waals surface area contributed by atoms with Gasteiger partial charge in [-0.05, 0) is 55.1 Å². The minimum atomic E-state index is 0.145. The van der Waals surface area contributed by atoms with Crippen molar-refractivity contribution in [3.63, 3.8) is 0 Å². The molecule has 2 aliphatic rings. The van der Waals surface area contributed by atoms with Gasteiger partial charge in [-0.2, -0.15) is 0 Å². The highest BCUT2D eigenvalue weighted by molar-refractivity contribution is 9.09. The molecule has 2 atom stereocenters. The van der Waals surface area contributed by atoms with Crippen molar-refractivity contribution in [3.8, 4) is 0 Å². The molecule has 2 nitrogen and oxygen atoms in total. The quantitative estimate of drug-likeness (QED) is 0.458. The van der Waals surface area contributed by atoms with Crippen LogP contribution in [0.5, 0.6) is 0 Å². The summed E-state index contributed by atoms with van der Waals surface area (Å²) in [6.07, 6.45) is 6.77. The van der Waals surface area contributed by atoms with Gasteiger partial charge in [0.15, 0.2) is 0 Å². The average Bonchev–Trinajstić information content (AvgIpc) is 2.85. The molecule has 0 aromatic heterocycles. The molecule has 0 spiro atoms. The van der Waals surface area contributed by atoms with Crippen molar-refractivity contribution in [1.82, 2.24) is 5.32 Å². The summed E-state index contributed by atoms with van der Waals surface area (Å²) in [5.74, 6) is 0. The largest absolute Gasteiger partial charge is 0.369 e. The zero-order valence-electron chi connectivity index (χ0n) is 13.3. The van der Waals surface area contributed by atoms with Gasteiger partial charge in [-0.15, -0.1) is 0 Å². The molecule has 2 unspecified atom stereocenters. The number of nitrogens with zero attached hydrogens (tertiary/aromatic N) is 1. The number of nitrogens with one attached hydrogen (secondary N) is 1. The summed E-state index contributed by atoms with van der Waals surface area (Å²) in [6, 6.07) is 0. The van der Waals surface area contributed by atoms with Gasteiger partial charge in [-0.25, -0.2) is 0 Å². The standard InChI is InChI=1S/C17H24Br2N2/c1-5-7-12-10(3)16(18)20-14(12)9-15-13(8-6-2)11(4)17(19)21-15/h9,16-17,20H,5-8H2,1-4H3/b14-9-. The second kappa shape index (κ2) is 7.28. The van der Waals surface area contributed by atoms with E-state index in [1.165, 1.54) is 28.0 Å². The highest BCUT2D eigenvalue weighted by Gasteiger charge is 2.26. The van der Waals surface area contributed by atoms with Crippen LogP contribution in [0, 0.1) is 0 Å². The summed E-state index contributed by atoms with van der Waals surface area (Å²) in [5, 5.41) is 3.54. The maximum absolute atomic E-state index is 4.78. The first-order valence-corrected chi connectivity index (χ1v) is 9.56. The Labute approximate surface area is 145 Å². The Hall–Kier alpha value is -0.350. The van der Waals surface area contributed by atoms with Crippen molar-refractivity contribution in [2.24, 2.45) is 4.99 Å². The number of halogens is 2. The molecule has 0 saturated heterocycles. The number of hydrogen-bond acceptors (Lipinski definition) is 2. The maximum atomic E-state index is 4.78. The summed E-state index contributed by atoms with van der Waals surface area (Å²) in [7, 11) is 0. The van der Waals surface area contributed by atoms with Crippen LogP contribution in [0.4, 0.5) is 0 Å². The van der Waals surface area contributed by atoms with Crippen LogP contribution in [-0.2, 0) is 0 Å². The summed E-state index contributed by atoms with van der Waals surface area (Å²) in [5.41, 5.74) is 7.97. The lowest BCUT2D eigenvalue weighted by molar-refractivity contribution is 0.882. The maximum Gasteiger partial charge on any atom is 0.127 e. The molecular formula is C17H24Br2N2. The highest BCUT2D eigenvalue weighted by atomic mass is 79.9. The van der Waals surface area contributed by atoms with Crippen LogP contribution in [0.15, 0.2) is 39.1 Å². The molecule has 0 aromatic rings. The lowest BCUT2D eigenvalue weighted by atomic mass is 9.99. The van der Waals surface area contributed by atoms with Gasteiger partial charge in [0.05, 0.1) is 5.71 Å². The third-order valence-electron chi connectivity index (χ3n) is 4.14. The Balaban J connectivity index is 2.34. The van der Waals surface area contributed by atoms with Gasteiger partial charge in [0.25, 0.3) is 0 Å². The van der Waals surface area contributed by atoms with Crippen LogP contribution < -0.4 is 5.32 Å². The van der Waals surface area contributed by atoms with E-state index in [9.17, 15) is 0 Å². The van der Waals surface area contributed by atoms with Crippen LogP contribution in [0.1, 0.15) is 53.4 Å². The van der Waals surface area contributed by atoms with Gasteiger partial charge in [-0.1, -0.05) is 58.5 Å². The van der Waals surface area contributed by atoms with Crippen molar-refractivity contribution < 1.29 is 0 Å². The van der Waals surface area contributed by atoms with Gasteiger partial charge in [-0.3, -0.25) is 4.99 Å². The molecule has 0 aliphatic carbocycles. The molecular weight excluding hydrogens is 392 g/mol. The smallest absolute Gasteiger partial charge is 0.127 e. The van der Waals surface area contributed by atoms with E-state index in [4.69, 9.17) is 4.99 Å². The van der Waals surface area contributed by atoms with Crippen molar-refractivity contribution >= 4 is 37.6 Å². The van der Waals surface area contributed by atoms with Crippen molar-refractivity contribution in [1.29, 1.82) is 0 Å². The van der Waals surface area contributed by atoms with Gasteiger partial charge in [0.2, 0.25) is 0 Å². The predicted molar refractivity (Wildman–Crippen MR) is 99.3 cm³/mol. The van der Waals surface area contributed by atoms with E-state index >= 15 is 0 Å². The molecule has 0 aromatic carbocycles. The van der Waals surface area contributed by atoms with Crippen LogP contribution in [-0.4, -0.2) is 15.6 Å². The number of aliphatic imine (C=N–C) groups is 1. The second-order valence-electron chi connectivity index (χ2n) is 5.74. The molecule has 0 fully saturated rings. The monoisotopic (exact) mass is 414 g/mol. The molecule has 0 amide bonds. The fraction of sp³-hybridized carbons (Fsp3) is 0.588. The van der Waals surface area contributed by atoms with Gasteiger partial charge in [0.1, 0.15) is 9.90 Å². The van der Waals surface area contributed by atoms with Crippen LogP contribution in [0.25, 0.3) is 0 Å². The minimum absolute atomic E-state index is 0.145. The Morgan fingerprint density at radius 2 is 1.67 bits per heavy atom. The normalized spacial score (nSPS) is 27.7. The number of alkyl halides is 2. The van der Waals surface area contributed by atoms with E-state index in [2.05, 4.69) is 70.9 Å². The van der Waals surface area contributed by atoms with Gasteiger partial charge >= 0.3 is 0 Å². The molecule has 0 saturated carbocycles. The first kappa shape index (κ1) is 17.0. The van der Waals surface area contributed by atoms with Gasteiger partial charge < -0.3 is 5.32 Å². The molecule has 4 heteroatoms. The van der Waals surface area contributed by atoms with Crippen LogP contribution in [0.2, 0.25) is 0 Å². The molecule has 1 N–H and O–H groups in total. The molecule has 0 bridgehead atoms. The van der Waals surface area contributed by atoms with Crippen molar-refractivity contribution in [2.45, 2.75) is 63.3 Å². The Bertz CT molecular complexity index is 541. The molecule has 21 heavy (non-hydrogen) atoms. The molecule has 2 heterocycles. The molecule has 2 rings (SSSR count). The summed E-state index contributed by atoms with van der Waals surface area (Å²) >= 11 is 7.36. The molecule has 2 aliphatic heterocycles. The van der Waals surface area contributed by atoms with Crippen molar-refractivity contribution in [3.05, 3.63) is 34.1 Å². The number of hydrogen-bond donors (Lipinski definition) is 1. The van der Waals surface area contributed by atoms with E-state index in [0.717, 1.165) is 31.4 Å². The van der Waals surface area contributed by atoms with E-state index in [-0.39, 0.29) is 9.90 Å². The SMILES string of the molecule is CCCC1=C(C)C(Br)N=C1/C=C1\NC(Br)C(C)=C1CCC. The first-order chi connectivity index (χ1) is 9.99. The minimum Gasteiger partial charge on any atom is -0.369 e. The Morgan fingerprint density at radius 3 is 2.29 bits per heavy atom. The lowest BCUT2D eigenvalue weighted by Crippen LogP contribution is -2.17. The van der Waals surface area contributed by atoms with Crippen LogP contribution in [0.3, 0.4) is 0 Å². The highest BCUT2D eigenvalue weighted by Crippen LogP contribution is 2.34. The second-order valence-corrected chi connectivity index (χ2v) is 7.52.